The number of hydrogen-bond donors (Lipinski definition) is 3. The fraction of sp³-hybridized carbons (Fsp3) is 0.267. The zero-order valence-corrected chi connectivity index (χ0v) is 13.3. The molecule has 0 aliphatic heterocycles. The second-order valence-corrected chi connectivity index (χ2v) is 6.02. The van der Waals surface area contributed by atoms with E-state index in [1.807, 2.05) is 38.1 Å². The molecule has 2 amide bonds. The van der Waals surface area contributed by atoms with E-state index in [4.69, 9.17) is 5.73 Å². The fourth-order valence-corrected chi connectivity index (χ4v) is 2.62. The van der Waals surface area contributed by atoms with Crippen molar-refractivity contribution < 1.29 is 9.59 Å². The summed E-state index contributed by atoms with van der Waals surface area (Å²) >= 11 is 1.34. The summed E-state index contributed by atoms with van der Waals surface area (Å²) in [6.45, 7) is 4.47. The molecule has 2 aromatic rings. The minimum Gasteiger partial charge on any atom is -0.344 e. The maximum Gasteiger partial charge on any atom is 0.315 e. The number of benzene rings is 1. The lowest BCUT2D eigenvalue weighted by Gasteiger charge is -2.06. The number of carbonyl (C=O) groups is 2. The first-order valence-corrected chi connectivity index (χ1v) is 7.62. The number of nitrogens with zero attached hydrogens (tertiary/aromatic N) is 1. The summed E-state index contributed by atoms with van der Waals surface area (Å²) in [6.07, 6.45) is 0. The molecule has 6 nitrogen and oxygen atoms in total. The second-order valence-electron chi connectivity index (χ2n) is 4.82. The molecule has 1 heterocycles. The molecule has 0 spiro atoms. The normalized spacial score (nSPS) is 10.3. The van der Waals surface area contributed by atoms with Crippen molar-refractivity contribution in [3.8, 4) is 0 Å². The van der Waals surface area contributed by atoms with Gasteiger partial charge in [-0.15, -0.1) is 11.3 Å². The first-order valence-electron chi connectivity index (χ1n) is 6.80. The lowest BCUT2D eigenvalue weighted by atomic mass is 10.1. The van der Waals surface area contributed by atoms with Gasteiger partial charge in [0.05, 0.1) is 5.69 Å². The molecule has 0 radical (unpaired) electrons. The van der Waals surface area contributed by atoms with Gasteiger partial charge in [0.1, 0.15) is 0 Å². The molecular weight excluding hydrogens is 300 g/mol. The number of thiazole rings is 1. The molecule has 0 bridgehead atoms. The van der Waals surface area contributed by atoms with E-state index < -0.39 is 11.8 Å². The summed E-state index contributed by atoms with van der Waals surface area (Å²) in [5.41, 5.74) is 8.28. The number of nitrogens with two attached hydrogens (primary N) is 1. The first kappa shape index (κ1) is 16.1. The molecule has 1 aromatic heterocycles. The zero-order chi connectivity index (χ0) is 16.1. The molecule has 4 N–H and O–H groups in total. The Bertz CT molecular complexity index is 677. The van der Waals surface area contributed by atoms with Gasteiger partial charge in [0.2, 0.25) is 0 Å². The van der Waals surface area contributed by atoms with Crippen LogP contribution in [-0.2, 0) is 22.7 Å². The molecule has 0 aliphatic rings. The first-order chi connectivity index (χ1) is 10.5. The predicted molar refractivity (Wildman–Crippen MR) is 86.4 cm³/mol. The van der Waals surface area contributed by atoms with Crippen LogP contribution >= 0.6 is 11.3 Å². The number of carbonyl (C=O) groups excluding carboxylic acids is 2. The Kier molecular flexibility index (Phi) is 5.24. The van der Waals surface area contributed by atoms with Crippen molar-refractivity contribution in [1.29, 1.82) is 0 Å². The van der Waals surface area contributed by atoms with Crippen molar-refractivity contribution in [3.63, 3.8) is 0 Å². The smallest absolute Gasteiger partial charge is 0.315 e. The Balaban J connectivity index is 1.89. The van der Waals surface area contributed by atoms with E-state index in [9.17, 15) is 9.59 Å². The fourth-order valence-electron chi connectivity index (χ4n) is 1.81. The Morgan fingerprint density at radius 2 is 1.95 bits per heavy atom. The molecule has 22 heavy (non-hydrogen) atoms. The van der Waals surface area contributed by atoms with Crippen molar-refractivity contribution in [3.05, 3.63) is 46.0 Å². The topological polar surface area (TPSA) is 97.1 Å². The molecule has 0 fully saturated rings. The van der Waals surface area contributed by atoms with Crippen LogP contribution in [-0.4, -0.2) is 16.8 Å². The summed E-state index contributed by atoms with van der Waals surface area (Å²) in [4.78, 5) is 28.8. The van der Waals surface area contributed by atoms with Crippen LogP contribution < -0.4 is 16.4 Å². The van der Waals surface area contributed by atoms with E-state index >= 15 is 0 Å². The average molecular weight is 318 g/mol. The van der Waals surface area contributed by atoms with Crippen LogP contribution in [0.2, 0.25) is 0 Å². The van der Waals surface area contributed by atoms with E-state index in [0.29, 0.717) is 11.7 Å². The predicted octanol–water partition coefficient (Wildman–Crippen LogP) is 1.47. The molecule has 116 valence electrons. The number of amides is 2. The summed E-state index contributed by atoms with van der Waals surface area (Å²) in [6, 6.07) is 7.53. The lowest BCUT2D eigenvalue weighted by Crippen LogP contribution is -2.34. The van der Waals surface area contributed by atoms with E-state index in [0.717, 1.165) is 21.7 Å². The lowest BCUT2D eigenvalue weighted by molar-refractivity contribution is -0.136. The highest BCUT2D eigenvalue weighted by Crippen LogP contribution is 2.20. The van der Waals surface area contributed by atoms with Gasteiger partial charge in [-0.05, 0) is 25.0 Å². The number of rotatable bonds is 4. The highest BCUT2D eigenvalue weighted by Gasteiger charge is 2.15. The van der Waals surface area contributed by atoms with Crippen molar-refractivity contribution in [2.24, 2.45) is 5.73 Å². The summed E-state index contributed by atoms with van der Waals surface area (Å²) < 4.78 is 0. The quantitative estimate of drug-likeness (QED) is 0.744. The molecule has 0 aliphatic carbocycles. The van der Waals surface area contributed by atoms with Gasteiger partial charge in [-0.25, -0.2) is 4.98 Å². The maximum absolute atomic E-state index is 11.8. The van der Waals surface area contributed by atoms with E-state index in [1.165, 1.54) is 11.3 Å². The minimum atomic E-state index is -0.719. The highest BCUT2D eigenvalue weighted by atomic mass is 32.1. The van der Waals surface area contributed by atoms with Gasteiger partial charge in [-0.1, -0.05) is 24.3 Å². The summed E-state index contributed by atoms with van der Waals surface area (Å²) in [7, 11) is 0. The Morgan fingerprint density at radius 3 is 2.59 bits per heavy atom. The molecule has 0 saturated heterocycles. The van der Waals surface area contributed by atoms with Crippen LogP contribution in [0.4, 0.5) is 5.13 Å². The van der Waals surface area contributed by atoms with Gasteiger partial charge >= 0.3 is 11.8 Å². The monoisotopic (exact) mass is 318 g/mol. The van der Waals surface area contributed by atoms with Crippen LogP contribution in [0.1, 0.15) is 21.7 Å². The van der Waals surface area contributed by atoms with Gasteiger partial charge in [0.15, 0.2) is 5.13 Å². The van der Waals surface area contributed by atoms with Crippen molar-refractivity contribution in [2.45, 2.75) is 26.9 Å². The third kappa shape index (κ3) is 4.12. The highest BCUT2D eigenvalue weighted by molar-refractivity contribution is 7.15. The Morgan fingerprint density at radius 1 is 1.23 bits per heavy atom. The molecule has 1 aromatic carbocycles. The Hall–Kier alpha value is -2.25. The van der Waals surface area contributed by atoms with Gasteiger partial charge < -0.3 is 11.1 Å². The molecule has 0 saturated carbocycles. The molecule has 0 atom stereocenters. The standard InChI is InChI=1S/C15H18N4O2S/c1-9-10(2)22-15(18-9)19-14(21)13(20)17-8-12-5-3-4-11(6-12)7-16/h3-6H,7-8,16H2,1-2H3,(H,17,20)(H,18,19,21). The third-order valence-corrected chi connectivity index (χ3v) is 4.12. The second kappa shape index (κ2) is 7.15. The van der Waals surface area contributed by atoms with Gasteiger partial charge in [0.25, 0.3) is 0 Å². The van der Waals surface area contributed by atoms with E-state index in [-0.39, 0.29) is 6.54 Å². The number of nitrogens with one attached hydrogen (secondary N) is 2. The van der Waals surface area contributed by atoms with Gasteiger partial charge in [-0.2, -0.15) is 0 Å². The number of hydrogen-bond acceptors (Lipinski definition) is 5. The molecule has 0 unspecified atom stereocenters. The molecular formula is C15H18N4O2S. The molecule has 7 heteroatoms. The van der Waals surface area contributed by atoms with Crippen LogP contribution in [0.25, 0.3) is 0 Å². The van der Waals surface area contributed by atoms with E-state index in [2.05, 4.69) is 15.6 Å². The largest absolute Gasteiger partial charge is 0.344 e. The van der Waals surface area contributed by atoms with Gasteiger partial charge in [0, 0.05) is 18.0 Å². The maximum atomic E-state index is 11.8. The number of aryl methyl sites for hydroxylation is 2. The van der Waals surface area contributed by atoms with Gasteiger partial charge in [-0.3, -0.25) is 14.9 Å². The van der Waals surface area contributed by atoms with Crippen molar-refractivity contribution in [2.75, 3.05) is 5.32 Å². The van der Waals surface area contributed by atoms with Crippen molar-refractivity contribution in [1.82, 2.24) is 10.3 Å². The van der Waals surface area contributed by atoms with Crippen LogP contribution in [0.5, 0.6) is 0 Å². The Labute approximate surface area is 132 Å². The number of aromatic nitrogens is 1. The summed E-state index contributed by atoms with van der Waals surface area (Å²) in [5.74, 6) is -1.41. The summed E-state index contributed by atoms with van der Waals surface area (Å²) in [5, 5.41) is 5.51. The van der Waals surface area contributed by atoms with Crippen molar-refractivity contribution >= 4 is 28.3 Å². The molecule has 2 rings (SSSR count). The van der Waals surface area contributed by atoms with E-state index in [1.54, 1.807) is 0 Å². The SMILES string of the molecule is Cc1nc(NC(=O)C(=O)NCc2cccc(CN)c2)sc1C. The average Bonchev–Trinajstić information content (AvgIpc) is 2.82. The zero-order valence-electron chi connectivity index (χ0n) is 12.5. The van der Waals surface area contributed by atoms with Crippen LogP contribution in [0.3, 0.4) is 0 Å². The van der Waals surface area contributed by atoms with Crippen LogP contribution in [0, 0.1) is 13.8 Å². The third-order valence-electron chi connectivity index (χ3n) is 3.14. The van der Waals surface area contributed by atoms with Crippen LogP contribution in [0.15, 0.2) is 24.3 Å². The number of anilines is 1. The minimum absolute atomic E-state index is 0.274.